The summed E-state index contributed by atoms with van der Waals surface area (Å²) in [5, 5.41) is 9.70. The maximum absolute atomic E-state index is 10.1. The van der Waals surface area contributed by atoms with Crippen LogP contribution in [-0.2, 0) is 13.6 Å². The lowest BCUT2D eigenvalue weighted by Gasteiger charge is -2.41. The van der Waals surface area contributed by atoms with E-state index in [1.165, 1.54) is 0 Å². The molecule has 144 valence electrons. The van der Waals surface area contributed by atoms with Crippen molar-refractivity contribution in [3.8, 4) is 0 Å². The smallest absolute Gasteiger partial charge is 0.192 e. The van der Waals surface area contributed by atoms with Crippen molar-refractivity contribution in [2.24, 2.45) is 0 Å². The van der Waals surface area contributed by atoms with Crippen LogP contribution in [0.4, 0.5) is 0 Å². The van der Waals surface area contributed by atoms with Gasteiger partial charge in [-0.05, 0) is 36.3 Å². The Hall–Kier alpha value is 0.564. The Morgan fingerprint density at radius 3 is 1.83 bits per heavy atom. The molecule has 1 rings (SSSR count). The molecule has 0 radical (unpaired) electrons. The minimum absolute atomic E-state index is 0.0714. The van der Waals surface area contributed by atoms with Gasteiger partial charge in [0.05, 0.1) is 12.7 Å². The van der Waals surface area contributed by atoms with Crippen molar-refractivity contribution in [2.75, 3.05) is 6.61 Å². The largest absolute Gasteiger partial charge is 0.414 e. The van der Waals surface area contributed by atoms with Crippen LogP contribution in [0.3, 0.4) is 0 Å². The molecule has 7 heteroatoms. The van der Waals surface area contributed by atoms with Gasteiger partial charge in [-0.15, -0.1) is 11.6 Å². The number of ether oxygens (including phenoxy) is 1. The summed E-state index contributed by atoms with van der Waals surface area (Å²) >= 11 is 6.40. The monoisotopic (exact) mass is 396 g/mol. The molecule has 1 N–H and O–H groups in total. The molecule has 4 nitrogen and oxygen atoms in total. The van der Waals surface area contributed by atoms with Gasteiger partial charge in [-0.1, -0.05) is 41.5 Å². The van der Waals surface area contributed by atoms with Crippen LogP contribution in [0.5, 0.6) is 0 Å². The Balaban J connectivity index is 2.86. The van der Waals surface area contributed by atoms with Gasteiger partial charge < -0.3 is 18.7 Å². The Labute approximate surface area is 155 Å². The third-order valence-corrected chi connectivity index (χ3v) is 15.4. The standard InChI is InChI=1S/C17H37ClO4Si2/c1-16(2,3)23(7,8)20-11-12-14(13(18)15(19)21-12)22-24(9,10)17(4,5)6/h12-15,19H,11H2,1-10H3/t12-,13-,14-,15?/m1/s1. The topological polar surface area (TPSA) is 47.9 Å². The summed E-state index contributed by atoms with van der Waals surface area (Å²) in [5.41, 5.74) is 0. The third-order valence-electron chi connectivity index (χ3n) is 5.92. The van der Waals surface area contributed by atoms with Crippen LogP contribution in [0.25, 0.3) is 0 Å². The molecule has 0 aromatic carbocycles. The highest BCUT2D eigenvalue weighted by Gasteiger charge is 2.50. The van der Waals surface area contributed by atoms with Crippen molar-refractivity contribution >= 4 is 28.2 Å². The van der Waals surface area contributed by atoms with Crippen LogP contribution < -0.4 is 0 Å². The number of hydrogen-bond donors (Lipinski definition) is 1. The van der Waals surface area contributed by atoms with Crippen molar-refractivity contribution < 1.29 is 18.7 Å². The maximum atomic E-state index is 10.1. The second-order valence-electron chi connectivity index (χ2n) is 9.92. The number of hydrogen-bond acceptors (Lipinski definition) is 4. The Morgan fingerprint density at radius 2 is 1.42 bits per heavy atom. The highest BCUT2D eigenvalue weighted by molar-refractivity contribution is 6.74. The highest BCUT2D eigenvalue weighted by atomic mass is 35.5. The first-order chi connectivity index (χ1) is 10.5. The molecule has 1 fully saturated rings. The first kappa shape index (κ1) is 22.6. The number of aliphatic hydroxyl groups is 1. The first-order valence-corrected chi connectivity index (χ1v) is 15.0. The molecule has 24 heavy (non-hydrogen) atoms. The summed E-state index contributed by atoms with van der Waals surface area (Å²) in [6, 6.07) is 0. The van der Waals surface area contributed by atoms with E-state index in [2.05, 4.69) is 67.7 Å². The van der Waals surface area contributed by atoms with E-state index >= 15 is 0 Å². The van der Waals surface area contributed by atoms with Crippen molar-refractivity contribution in [1.82, 2.24) is 0 Å². The zero-order valence-electron chi connectivity index (χ0n) is 17.1. The molecule has 0 amide bonds. The van der Waals surface area contributed by atoms with Crippen LogP contribution in [-0.4, -0.2) is 52.2 Å². The summed E-state index contributed by atoms with van der Waals surface area (Å²) in [6.07, 6.45) is -1.67. The minimum atomic E-state index is -2.01. The molecule has 1 saturated heterocycles. The average Bonchev–Trinajstić information content (AvgIpc) is 2.61. The second-order valence-corrected chi connectivity index (χ2v) is 20.0. The predicted molar refractivity (Wildman–Crippen MR) is 106 cm³/mol. The van der Waals surface area contributed by atoms with E-state index < -0.39 is 28.3 Å². The van der Waals surface area contributed by atoms with Crippen LogP contribution in [0.15, 0.2) is 0 Å². The van der Waals surface area contributed by atoms with Gasteiger partial charge in [0.25, 0.3) is 0 Å². The van der Waals surface area contributed by atoms with Crippen molar-refractivity contribution in [1.29, 1.82) is 0 Å². The molecule has 0 spiro atoms. The fourth-order valence-electron chi connectivity index (χ4n) is 2.00. The van der Waals surface area contributed by atoms with Gasteiger partial charge in [-0.2, -0.15) is 0 Å². The van der Waals surface area contributed by atoms with Gasteiger partial charge in [-0.25, -0.2) is 0 Å². The molecule has 1 unspecified atom stereocenters. The molecule has 0 saturated carbocycles. The molecule has 1 aliphatic heterocycles. The van der Waals surface area contributed by atoms with Crippen LogP contribution in [0, 0.1) is 0 Å². The Kier molecular flexibility index (Phi) is 6.87. The van der Waals surface area contributed by atoms with E-state index in [1.54, 1.807) is 0 Å². The number of rotatable bonds is 5. The number of aliphatic hydroxyl groups excluding tert-OH is 1. The lowest BCUT2D eigenvalue weighted by atomic mass is 10.2. The van der Waals surface area contributed by atoms with Crippen LogP contribution >= 0.6 is 11.6 Å². The summed E-state index contributed by atoms with van der Waals surface area (Å²) in [6.45, 7) is 22.4. The predicted octanol–water partition coefficient (Wildman–Crippen LogP) is 4.72. The maximum Gasteiger partial charge on any atom is 0.192 e. The fraction of sp³-hybridized carbons (Fsp3) is 1.00. The van der Waals surface area contributed by atoms with Crippen molar-refractivity contribution in [3.05, 3.63) is 0 Å². The molecular formula is C17H37ClO4Si2. The molecule has 0 aromatic heterocycles. The van der Waals surface area contributed by atoms with Gasteiger partial charge in [-0.3, -0.25) is 0 Å². The van der Waals surface area contributed by atoms with Gasteiger partial charge in [0.2, 0.25) is 0 Å². The molecule has 0 aliphatic carbocycles. The average molecular weight is 397 g/mol. The molecule has 1 aliphatic rings. The lowest BCUT2D eigenvalue weighted by Crippen LogP contribution is -2.50. The first-order valence-electron chi connectivity index (χ1n) is 8.79. The normalized spacial score (nSPS) is 30.0. The summed E-state index contributed by atoms with van der Waals surface area (Å²) in [7, 11) is -3.90. The van der Waals surface area contributed by atoms with Gasteiger partial charge in [0.1, 0.15) is 11.5 Å². The van der Waals surface area contributed by atoms with Crippen molar-refractivity contribution in [3.63, 3.8) is 0 Å². The quantitative estimate of drug-likeness (QED) is 0.539. The van der Waals surface area contributed by atoms with E-state index in [-0.39, 0.29) is 22.3 Å². The zero-order chi connectivity index (χ0) is 19.1. The second kappa shape index (κ2) is 7.29. The van der Waals surface area contributed by atoms with Crippen LogP contribution in [0.1, 0.15) is 41.5 Å². The van der Waals surface area contributed by atoms with E-state index in [0.29, 0.717) is 6.61 Å². The highest BCUT2D eigenvalue weighted by Crippen LogP contribution is 2.41. The summed E-state index contributed by atoms with van der Waals surface area (Å²) in [4.78, 5) is 0. The summed E-state index contributed by atoms with van der Waals surface area (Å²) < 4.78 is 18.4. The Morgan fingerprint density at radius 1 is 0.958 bits per heavy atom. The van der Waals surface area contributed by atoms with Crippen molar-refractivity contribution in [2.45, 2.75) is 102 Å². The zero-order valence-corrected chi connectivity index (χ0v) is 19.8. The van der Waals surface area contributed by atoms with Gasteiger partial charge >= 0.3 is 0 Å². The van der Waals surface area contributed by atoms with Gasteiger partial charge in [0.15, 0.2) is 22.9 Å². The Bertz CT molecular complexity index is 429. The molecule has 4 atom stereocenters. The van der Waals surface area contributed by atoms with E-state index in [9.17, 15) is 5.11 Å². The SMILES string of the molecule is CC(C)(C)[Si](C)(C)OC[C@H]1OC(O)[C@H](Cl)[C@@H]1O[Si](C)(C)C(C)(C)C. The fourth-order valence-corrected chi connectivity index (χ4v) is 4.70. The molecular weight excluding hydrogens is 360 g/mol. The third kappa shape index (κ3) is 5.05. The molecule has 0 aromatic rings. The van der Waals surface area contributed by atoms with Gasteiger partial charge in [0, 0.05) is 0 Å². The minimum Gasteiger partial charge on any atom is -0.414 e. The molecule has 0 bridgehead atoms. The van der Waals surface area contributed by atoms with E-state index in [1.807, 2.05) is 0 Å². The number of halogens is 1. The van der Waals surface area contributed by atoms with E-state index in [0.717, 1.165) is 0 Å². The van der Waals surface area contributed by atoms with Crippen LogP contribution in [0.2, 0.25) is 36.3 Å². The van der Waals surface area contributed by atoms with E-state index in [4.69, 9.17) is 25.2 Å². The lowest BCUT2D eigenvalue weighted by molar-refractivity contribution is -0.104. The number of alkyl halides is 1. The summed E-state index contributed by atoms with van der Waals surface area (Å²) in [5.74, 6) is 0. The molecule has 1 heterocycles.